The summed E-state index contributed by atoms with van der Waals surface area (Å²) in [5.74, 6) is 0. The summed E-state index contributed by atoms with van der Waals surface area (Å²) in [6, 6.07) is 2.41. The first-order valence-electron chi connectivity index (χ1n) is 7.30. The first-order valence-corrected chi connectivity index (χ1v) is 7.30. The summed E-state index contributed by atoms with van der Waals surface area (Å²) in [4.78, 5) is 0. The van der Waals surface area contributed by atoms with Crippen LogP contribution in [0.2, 0.25) is 0 Å². The van der Waals surface area contributed by atoms with E-state index in [4.69, 9.17) is 0 Å². The molecule has 17 heavy (non-hydrogen) atoms. The van der Waals surface area contributed by atoms with Crippen LogP contribution in [0.15, 0.2) is 12.3 Å². The summed E-state index contributed by atoms with van der Waals surface area (Å²) in [6.07, 6.45) is 9.70. The van der Waals surface area contributed by atoms with Gasteiger partial charge in [0.15, 0.2) is 11.9 Å². The van der Waals surface area contributed by atoms with E-state index in [1.165, 1.54) is 37.8 Å². The summed E-state index contributed by atoms with van der Waals surface area (Å²) in [5.41, 5.74) is 4.61. The highest BCUT2D eigenvalue weighted by Gasteiger charge is 2.15. The van der Waals surface area contributed by atoms with Gasteiger partial charge in [0.2, 0.25) is 0 Å². The lowest BCUT2D eigenvalue weighted by molar-refractivity contribution is -0.705. The van der Waals surface area contributed by atoms with Gasteiger partial charge in [0.05, 0.1) is 0 Å². The number of rotatable bonds is 7. The molecule has 0 aliphatic heterocycles. The quantitative estimate of drug-likeness (QED) is 0.631. The maximum absolute atomic E-state index is 2.52. The Morgan fingerprint density at radius 1 is 1.00 bits per heavy atom. The maximum Gasteiger partial charge on any atom is 0.184 e. The highest BCUT2D eigenvalue weighted by molar-refractivity contribution is 5.21. The van der Waals surface area contributed by atoms with Crippen molar-refractivity contribution >= 4 is 0 Å². The van der Waals surface area contributed by atoms with Gasteiger partial charge in [-0.2, -0.15) is 0 Å². The van der Waals surface area contributed by atoms with E-state index in [9.17, 15) is 0 Å². The standard InChI is InChI=1S/C16H28N/c1-5-9-11-17-13-14(7-3)12-15(8-4)16(17)10-6-2/h12-13H,5-11H2,1-4H3/q+1. The second kappa shape index (κ2) is 7.47. The van der Waals surface area contributed by atoms with Crippen LogP contribution in [-0.4, -0.2) is 0 Å². The van der Waals surface area contributed by atoms with Crippen molar-refractivity contribution in [2.24, 2.45) is 0 Å². The molecule has 1 aromatic rings. The molecular formula is C16H28N+. The van der Waals surface area contributed by atoms with Gasteiger partial charge in [-0.25, -0.2) is 4.57 Å². The number of pyridine rings is 1. The van der Waals surface area contributed by atoms with Crippen molar-refractivity contribution in [3.63, 3.8) is 0 Å². The van der Waals surface area contributed by atoms with Crippen molar-refractivity contribution in [3.8, 4) is 0 Å². The van der Waals surface area contributed by atoms with Gasteiger partial charge < -0.3 is 0 Å². The van der Waals surface area contributed by atoms with Crippen molar-refractivity contribution in [3.05, 3.63) is 29.1 Å². The lowest BCUT2D eigenvalue weighted by atomic mass is 10.0. The van der Waals surface area contributed by atoms with Crippen LogP contribution in [0.1, 0.15) is 63.8 Å². The first-order chi connectivity index (χ1) is 8.26. The highest BCUT2D eigenvalue weighted by atomic mass is 15.0. The Hall–Kier alpha value is -0.850. The smallest absolute Gasteiger partial charge is 0.184 e. The summed E-state index contributed by atoms with van der Waals surface area (Å²) < 4.78 is 2.52. The van der Waals surface area contributed by atoms with Crippen molar-refractivity contribution in [1.82, 2.24) is 0 Å². The number of nitrogens with zero attached hydrogens (tertiary/aromatic N) is 1. The van der Waals surface area contributed by atoms with E-state index >= 15 is 0 Å². The van der Waals surface area contributed by atoms with E-state index in [1.54, 1.807) is 11.3 Å². The molecule has 96 valence electrons. The maximum atomic E-state index is 2.52. The van der Waals surface area contributed by atoms with E-state index < -0.39 is 0 Å². The molecule has 0 saturated carbocycles. The molecule has 0 fully saturated rings. The molecule has 1 nitrogen and oxygen atoms in total. The molecule has 1 heteroatoms. The van der Waals surface area contributed by atoms with E-state index in [1.807, 2.05) is 0 Å². The molecule has 0 unspecified atom stereocenters. The number of aromatic nitrogens is 1. The van der Waals surface area contributed by atoms with Gasteiger partial charge in [-0.1, -0.05) is 34.1 Å². The minimum Gasteiger partial charge on any atom is -0.202 e. The molecule has 0 aromatic carbocycles. The Labute approximate surface area is 107 Å². The third kappa shape index (κ3) is 3.83. The predicted molar refractivity (Wildman–Crippen MR) is 74.3 cm³/mol. The molecule has 0 aliphatic rings. The molecule has 1 heterocycles. The van der Waals surface area contributed by atoms with Crippen LogP contribution in [0, 0.1) is 0 Å². The monoisotopic (exact) mass is 234 g/mol. The lowest BCUT2D eigenvalue weighted by Gasteiger charge is -2.10. The summed E-state index contributed by atoms with van der Waals surface area (Å²) in [7, 11) is 0. The van der Waals surface area contributed by atoms with Crippen LogP contribution in [-0.2, 0) is 25.8 Å². The van der Waals surface area contributed by atoms with E-state index in [2.05, 4.69) is 44.5 Å². The minimum atomic E-state index is 1.14. The van der Waals surface area contributed by atoms with Crippen LogP contribution >= 0.6 is 0 Å². The zero-order valence-corrected chi connectivity index (χ0v) is 12.1. The summed E-state index contributed by atoms with van der Waals surface area (Å²) >= 11 is 0. The highest BCUT2D eigenvalue weighted by Crippen LogP contribution is 2.11. The number of unbranched alkanes of at least 4 members (excludes halogenated alkanes) is 1. The zero-order valence-electron chi connectivity index (χ0n) is 12.1. The second-order valence-corrected chi connectivity index (χ2v) is 4.82. The van der Waals surface area contributed by atoms with Crippen LogP contribution in [0.4, 0.5) is 0 Å². The normalized spacial score (nSPS) is 10.8. The molecule has 0 bridgehead atoms. The Morgan fingerprint density at radius 2 is 1.76 bits per heavy atom. The SMILES string of the molecule is CCCC[n+]1cc(CC)cc(CC)c1CCC. The van der Waals surface area contributed by atoms with Gasteiger partial charge in [0.1, 0.15) is 6.54 Å². The van der Waals surface area contributed by atoms with Gasteiger partial charge >= 0.3 is 0 Å². The molecule has 0 saturated heterocycles. The van der Waals surface area contributed by atoms with Crippen molar-refractivity contribution in [2.45, 2.75) is 72.8 Å². The number of hydrogen-bond donors (Lipinski definition) is 0. The molecular weight excluding hydrogens is 206 g/mol. The fourth-order valence-corrected chi connectivity index (χ4v) is 2.38. The largest absolute Gasteiger partial charge is 0.202 e. The minimum absolute atomic E-state index is 1.14. The van der Waals surface area contributed by atoms with Crippen molar-refractivity contribution in [1.29, 1.82) is 0 Å². The Balaban J connectivity index is 3.10. The zero-order chi connectivity index (χ0) is 12.7. The third-order valence-corrected chi connectivity index (χ3v) is 3.43. The van der Waals surface area contributed by atoms with Gasteiger partial charge in [0.25, 0.3) is 0 Å². The Bertz CT molecular complexity index is 342. The van der Waals surface area contributed by atoms with Gasteiger partial charge in [-0.05, 0) is 25.3 Å². The second-order valence-electron chi connectivity index (χ2n) is 4.82. The fourth-order valence-electron chi connectivity index (χ4n) is 2.38. The van der Waals surface area contributed by atoms with E-state index in [-0.39, 0.29) is 0 Å². The van der Waals surface area contributed by atoms with Crippen molar-refractivity contribution in [2.75, 3.05) is 0 Å². The van der Waals surface area contributed by atoms with Gasteiger partial charge in [0, 0.05) is 24.0 Å². The molecule has 1 aromatic heterocycles. The number of aryl methyl sites for hydroxylation is 3. The Kier molecular flexibility index (Phi) is 6.25. The van der Waals surface area contributed by atoms with Crippen molar-refractivity contribution < 1.29 is 4.57 Å². The van der Waals surface area contributed by atoms with Gasteiger partial charge in [-0.3, -0.25) is 0 Å². The topological polar surface area (TPSA) is 3.88 Å². The average Bonchev–Trinajstić information content (AvgIpc) is 2.37. The molecule has 0 atom stereocenters. The summed E-state index contributed by atoms with van der Waals surface area (Å²) in [6.45, 7) is 10.3. The number of hydrogen-bond acceptors (Lipinski definition) is 0. The van der Waals surface area contributed by atoms with Crippen LogP contribution in [0.25, 0.3) is 0 Å². The molecule has 0 aliphatic carbocycles. The average molecular weight is 234 g/mol. The van der Waals surface area contributed by atoms with E-state index in [0.717, 1.165) is 12.8 Å². The van der Waals surface area contributed by atoms with Crippen LogP contribution in [0.5, 0.6) is 0 Å². The molecule has 0 radical (unpaired) electrons. The molecule has 0 amide bonds. The van der Waals surface area contributed by atoms with Crippen LogP contribution in [0.3, 0.4) is 0 Å². The van der Waals surface area contributed by atoms with Gasteiger partial charge in [-0.15, -0.1) is 0 Å². The fraction of sp³-hybridized carbons (Fsp3) is 0.688. The lowest BCUT2D eigenvalue weighted by Crippen LogP contribution is -2.40. The van der Waals surface area contributed by atoms with Crippen LogP contribution < -0.4 is 4.57 Å². The summed E-state index contributed by atoms with van der Waals surface area (Å²) in [5, 5.41) is 0. The Morgan fingerprint density at radius 3 is 2.29 bits per heavy atom. The predicted octanol–water partition coefficient (Wildman–Crippen LogP) is 3.85. The third-order valence-electron chi connectivity index (χ3n) is 3.43. The molecule has 0 spiro atoms. The first kappa shape index (κ1) is 14.2. The van der Waals surface area contributed by atoms with E-state index in [0.29, 0.717) is 0 Å². The molecule has 1 rings (SSSR count). The molecule has 0 N–H and O–H groups in total.